The molecule has 1 fully saturated rings. The minimum atomic E-state index is -0.372. The molecule has 1 amide bonds. The maximum absolute atomic E-state index is 13.0. The zero-order chi connectivity index (χ0) is 13.7. The maximum atomic E-state index is 13.0. The number of rotatable bonds is 4. The summed E-state index contributed by atoms with van der Waals surface area (Å²) in [5.41, 5.74) is 5.67. The molecule has 5 heteroatoms. The predicted molar refractivity (Wildman–Crippen MR) is 70.3 cm³/mol. The van der Waals surface area contributed by atoms with E-state index >= 15 is 0 Å². The van der Waals surface area contributed by atoms with E-state index in [0.29, 0.717) is 12.3 Å². The molecule has 0 saturated carbocycles. The van der Waals surface area contributed by atoms with Gasteiger partial charge in [0.1, 0.15) is 11.6 Å². The Hall–Kier alpha value is -1.62. The Bertz CT molecular complexity index is 439. The molecule has 0 bridgehead atoms. The number of amides is 1. The zero-order valence-electron chi connectivity index (χ0n) is 10.8. The number of nitrogens with two attached hydrogens (primary N) is 1. The Morgan fingerprint density at radius 3 is 3.05 bits per heavy atom. The lowest BCUT2D eigenvalue weighted by atomic mass is 10.0. The van der Waals surface area contributed by atoms with Gasteiger partial charge in [-0.3, -0.25) is 4.79 Å². The molecule has 2 N–H and O–H groups in total. The SMILES string of the molecule is NC[C@@H]1CCCCN1C(=O)COc1cccc(F)c1. The number of ether oxygens (including phenoxy) is 1. The summed E-state index contributed by atoms with van der Waals surface area (Å²) in [6.45, 7) is 1.14. The summed E-state index contributed by atoms with van der Waals surface area (Å²) in [6, 6.07) is 5.90. The third kappa shape index (κ3) is 3.67. The average molecular weight is 266 g/mol. The second-order valence-electron chi connectivity index (χ2n) is 4.72. The first-order valence-corrected chi connectivity index (χ1v) is 6.58. The van der Waals surface area contributed by atoms with Crippen LogP contribution in [0.15, 0.2) is 24.3 Å². The molecule has 4 nitrogen and oxygen atoms in total. The molecule has 2 rings (SSSR count). The van der Waals surface area contributed by atoms with E-state index < -0.39 is 0 Å². The normalized spacial score (nSPS) is 19.3. The van der Waals surface area contributed by atoms with Crippen molar-refractivity contribution in [3.05, 3.63) is 30.1 Å². The lowest BCUT2D eigenvalue weighted by Crippen LogP contribution is -2.49. The van der Waals surface area contributed by atoms with E-state index in [0.717, 1.165) is 25.8 Å². The third-order valence-electron chi connectivity index (χ3n) is 3.38. The van der Waals surface area contributed by atoms with Crippen LogP contribution in [0.4, 0.5) is 4.39 Å². The maximum Gasteiger partial charge on any atom is 0.260 e. The molecule has 1 aliphatic heterocycles. The number of hydrogen-bond donors (Lipinski definition) is 1. The van der Waals surface area contributed by atoms with Gasteiger partial charge in [0, 0.05) is 25.2 Å². The van der Waals surface area contributed by atoms with Crippen LogP contribution >= 0.6 is 0 Å². The highest BCUT2D eigenvalue weighted by Gasteiger charge is 2.25. The van der Waals surface area contributed by atoms with Crippen molar-refractivity contribution >= 4 is 5.91 Å². The van der Waals surface area contributed by atoms with Crippen molar-refractivity contribution in [1.82, 2.24) is 4.90 Å². The van der Waals surface area contributed by atoms with Crippen LogP contribution in [0, 0.1) is 5.82 Å². The van der Waals surface area contributed by atoms with E-state index in [9.17, 15) is 9.18 Å². The summed E-state index contributed by atoms with van der Waals surface area (Å²) in [5, 5.41) is 0. The first-order chi connectivity index (χ1) is 9.20. The van der Waals surface area contributed by atoms with E-state index in [4.69, 9.17) is 10.5 Å². The molecule has 0 radical (unpaired) electrons. The van der Waals surface area contributed by atoms with Gasteiger partial charge in [-0.05, 0) is 31.4 Å². The van der Waals surface area contributed by atoms with Crippen LogP contribution in [0.2, 0.25) is 0 Å². The molecule has 1 aromatic rings. The van der Waals surface area contributed by atoms with E-state index in [1.807, 2.05) is 0 Å². The summed E-state index contributed by atoms with van der Waals surface area (Å²) >= 11 is 0. The largest absolute Gasteiger partial charge is 0.484 e. The quantitative estimate of drug-likeness (QED) is 0.899. The molecular weight excluding hydrogens is 247 g/mol. The number of carbonyl (C=O) groups excluding carboxylic acids is 1. The molecule has 0 aromatic heterocycles. The molecule has 0 unspecified atom stereocenters. The van der Waals surface area contributed by atoms with E-state index in [1.54, 1.807) is 17.0 Å². The lowest BCUT2D eigenvalue weighted by Gasteiger charge is -2.34. The second-order valence-corrected chi connectivity index (χ2v) is 4.72. The highest BCUT2D eigenvalue weighted by Crippen LogP contribution is 2.17. The van der Waals surface area contributed by atoms with E-state index in [2.05, 4.69) is 0 Å². The minimum absolute atomic E-state index is 0.0695. The molecule has 0 aliphatic carbocycles. The number of nitrogens with zero attached hydrogens (tertiary/aromatic N) is 1. The van der Waals surface area contributed by atoms with Gasteiger partial charge >= 0.3 is 0 Å². The fourth-order valence-electron chi connectivity index (χ4n) is 2.36. The molecule has 1 saturated heterocycles. The van der Waals surface area contributed by atoms with Crippen LogP contribution in [-0.2, 0) is 4.79 Å². The number of likely N-dealkylation sites (tertiary alicyclic amines) is 1. The summed E-state index contributed by atoms with van der Waals surface area (Å²) in [6.07, 6.45) is 3.06. The van der Waals surface area contributed by atoms with Gasteiger partial charge in [-0.15, -0.1) is 0 Å². The van der Waals surface area contributed by atoms with Crippen LogP contribution in [0.25, 0.3) is 0 Å². The van der Waals surface area contributed by atoms with Crippen LogP contribution in [-0.4, -0.2) is 36.5 Å². The van der Waals surface area contributed by atoms with Crippen molar-refractivity contribution in [1.29, 1.82) is 0 Å². The van der Waals surface area contributed by atoms with Crippen molar-refractivity contribution in [3.63, 3.8) is 0 Å². The summed E-state index contributed by atoms with van der Waals surface area (Å²) in [7, 11) is 0. The topological polar surface area (TPSA) is 55.6 Å². The molecule has 104 valence electrons. The number of carbonyl (C=O) groups is 1. The van der Waals surface area contributed by atoms with Crippen LogP contribution < -0.4 is 10.5 Å². The van der Waals surface area contributed by atoms with Gasteiger partial charge in [0.15, 0.2) is 6.61 Å². The van der Waals surface area contributed by atoms with Crippen LogP contribution in [0.5, 0.6) is 5.75 Å². The third-order valence-corrected chi connectivity index (χ3v) is 3.38. The number of piperidine rings is 1. The molecule has 1 heterocycles. The van der Waals surface area contributed by atoms with Crippen molar-refractivity contribution in [2.45, 2.75) is 25.3 Å². The fourth-order valence-corrected chi connectivity index (χ4v) is 2.36. The Balaban J connectivity index is 1.89. The van der Waals surface area contributed by atoms with Gasteiger partial charge in [-0.25, -0.2) is 4.39 Å². The first kappa shape index (κ1) is 13.8. The highest BCUT2D eigenvalue weighted by atomic mass is 19.1. The van der Waals surface area contributed by atoms with Gasteiger partial charge < -0.3 is 15.4 Å². The molecular formula is C14H19FN2O2. The van der Waals surface area contributed by atoms with Gasteiger partial charge in [0.2, 0.25) is 0 Å². The fraction of sp³-hybridized carbons (Fsp3) is 0.500. The van der Waals surface area contributed by atoms with Crippen molar-refractivity contribution in [3.8, 4) is 5.75 Å². The van der Waals surface area contributed by atoms with Gasteiger partial charge in [0.05, 0.1) is 0 Å². The summed E-state index contributed by atoms with van der Waals surface area (Å²) in [4.78, 5) is 13.9. The highest BCUT2D eigenvalue weighted by molar-refractivity contribution is 5.78. The Labute approximate surface area is 112 Å². The smallest absolute Gasteiger partial charge is 0.260 e. The predicted octanol–water partition coefficient (Wildman–Crippen LogP) is 1.54. The van der Waals surface area contributed by atoms with Gasteiger partial charge in [0.25, 0.3) is 5.91 Å². The average Bonchev–Trinajstić information content (AvgIpc) is 2.45. The molecule has 19 heavy (non-hydrogen) atoms. The lowest BCUT2D eigenvalue weighted by molar-refractivity contribution is -0.136. The molecule has 1 aromatic carbocycles. The van der Waals surface area contributed by atoms with Crippen LogP contribution in [0.3, 0.4) is 0 Å². The van der Waals surface area contributed by atoms with Crippen molar-refractivity contribution < 1.29 is 13.9 Å². The molecule has 0 spiro atoms. The molecule has 1 aliphatic rings. The van der Waals surface area contributed by atoms with Crippen LogP contribution in [0.1, 0.15) is 19.3 Å². The first-order valence-electron chi connectivity index (χ1n) is 6.58. The Morgan fingerprint density at radius 1 is 1.47 bits per heavy atom. The van der Waals surface area contributed by atoms with Gasteiger partial charge in [-0.2, -0.15) is 0 Å². The summed E-state index contributed by atoms with van der Waals surface area (Å²) < 4.78 is 18.3. The Kier molecular flexibility index (Phi) is 4.74. The standard InChI is InChI=1S/C14H19FN2O2/c15-11-4-3-6-13(8-11)19-10-14(18)17-7-2-1-5-12(17)9-16/h3-4,6,8,12H,1-2,5,7,9-10,16H2/t12-/m0/s1. The zero-order valence-corrected chi connectivity index (χ0v) is 10.8. The van der Waals surface area contributed by atoms with E-state index in [1.165, 1.54) is 12.1 Å². The number of halogens is 1. The van der Waals surface area contributed by atoms with E-state index in [-0.39, 0.29) is 24.4 Å². The summed E-state index contributed by atoms with van der Waals surface area (Å²) in [5.74, 6) is -0.0863. The van der Waals surface area contributed by atoms with Crippen molar-refractivity contribution in [2.24, 2.45) is 5.73 Å². The van der Waals surface area contributed by atoms with Gasteiger partial charge in [-0.1, -0.05) is 6.07 Å². The molecule has 1 atom stereocenters. The minimum Gasteiger partial charge on any atom is -0.484 e. The Morgan fingerprint density at radius 2 is 2.32 bits per heavy atom. The van der Waals surface area contributed by atoms with Crippen molar-refractivity contribution in [2.75, 3.05) is 19.7 Å². The number of benzene rings is 1. The monoisotopic (exact) mass is 266 g/mol. The second kappa shape index (κ2) is 6.52. The number of hydrogen-bond acceptors (Lipinski definition) is 3.